The fourth-order valence-corrected chi connectivity index (χ4v) is 2.97. The molecule has 0 heterocycles. The maximum atomic E-state index is 13.7. The minimum Gasteiger partial charge on any atom is -0.467 e. The smallest absolute Gasteiger partial charge is 0.328 e. The number of amides is 1. The van der Waals surface area contributed by atoms with Gasteiger partial charge in [0.05, 0.1) is 13.5 Å². The highest BCUT2D eigenvalue weighted by Gasteiger charge is 2.24. The van der Waals surface area contributed by atoms with Gasteiger partial charge in [-0.1, -0.05) is 33.6 Å². The van der Waals surface area contributed by atoms with Gasteiger partial charge in [-0.2, -0.15) is 0 Å². The van der Waals surface area contributed by atoms with Crippen molar-refractivity contribution in [2.45, 2.75) is 18.9 Å². The lowest BCUT2D eigenvalue weighted by molar-refractivity contribution is -0.145. The van der Waals surface area contributed by atoms with Crippen LogP contribution in [0.2, 0.25) is 5.02 Å². The molecule has 0 radical (unpaired) electrons. The lowest BCUT2D eigenvalue weighted by Gasteiger charge is -2.18. The van der Waals surface area contributed by atoms with Crippen LogP contribution in [0.25, 0.3) is 0 Å². The summed E-state index contributed by atoms with van der Waals surface area (Å²) in [6.45, 7) is 0. The van der Waals surface area contributed by atoms with Gasteiger partial charge >= 0.3 is 5.97 Å². The Balaban J connectivity index is 2.16. The van der Waals surface area contributed by atoms with E-state index in [0.717, 1.165) is 12.1 Å². The lowest BCUT2D eigenvalue weighted by Crippen LogP contribution is -2.43. The van der Waals surface area contributed by atoms with E-state index in [1.54, 1.807) is 18.2 Å². The van der Waals surface area contributed by atoms with Crippen LogP contribution in [-0.2, 0) is 27.2 Å². The van der Waals surface area contributed by atoms with Crippen LogP contribution in [0.15, 0.2) is 40.9 Å². The van der Waals surface area contributed by atoms with Crippen molar-refractivity contribution < 1.29 is 23.1 Å². The Morgan fingerprint density at radius 1 is 1.23 bits per heavy atom. The Morgan fingerprint density at radius 3 is 2.50 bits per heavy atom. The maximum Gasteiger partial charge on any atom is 0.328 e. The molecule has 2 aromatic carbocycles. The summed E-state index contributed by atoms with van der Waals surface area (Å²) in [6.07, 6.45) is -0.442. The van der Waals surface area contributed by atoms with E-state index in [1.807, 2.05) is 0 Å². The maximum absolute atomic E-state index is 13.7. The normalized spacial score (nSPS) is 11.7. The van der Waals surface area contributed by atoms with Gasteiger partial charge in [0, 0.05) is 21.5 Å². The van der Waals surface area contributed by atoms with Crippen LogP contribution in [0, 0.1) is 11.6 Å². The van der Waals surface area contributed by atoms with E-state index < -0.39 is 36.0 Å². The number of nitrogens with one attached hydrogen (secondary N) is 1. The van der Waals surface area contributed by atoms with Gasteiger partial charge in [-0.15, -0.1) is 0 Å². The lowest BCUT2D eigenvalue weighted by atomic mass is 10.0. The topological polar surface area (TPSA) is 55.4 Å². The number of esters is 1. The van der Waals surface area contributed by atoms with Crippen LogP contribution in [-0.4, -0.2) is 25.0 Å². The first kappa shape index (κ1) is 20.3. The molecular weight excluding hydrogens is 432 g/mol. The van der Waals surface area contributed by atoms with Crippen molar-refractivity contribution in [1.29, 1.82) is 0 Å². The number of rotatable bonds is 6. The van der Waals surface area contributed by atoms with E-state index >= 15 is 0 Å². The molecule has 0 saturated heterocycles. The SMILES string of the molecule is COC(=O)[C@H](Cc1cc(Cl)ccc1Br)NC(=O)Cc1c(F)cccc1F. The van der Waals surface area contributed by atoms with Crippen molar-refractivity contribution in [2.75, 3.05) is 7.11 Å². The summed E-state index contributed by atoms with van der Waals surface area (Å²) in [5.74, 6) is -3.04. The summed E-state index contributed by atoms with van der Waals surface area (Å²) in [5.41, 5.74) is 0.308. The molecule has 0 bridgehead atoms. The van der Waals surface area contributed by atoms with E-state index in [2.05, 4.69) is 21.2 Å². The standard InChI is InChI=1S/C18H15BrClF2NO3/c1-26-18(25)16(8-10-7-11(20)5-6-13(10)19)23-17(24)9-12-14(21)3-2-4-15(12)22/h2-7,16H,8-9H2,1H3,(H,23,24)/t16-/m0/s1. The van der Waals surface area contributed by atoms with E-state index in [9.17, 15) is 18.4 Å². The number of ether oxygens (including phenoxy) is 1. The fraction of sp³-hybridized carbons (Fsp3) is 0.222. The second-order valence-electron chi connectivity index (χ2n) is 5.46. The van der Waals surface area contributed by atoms with Crippen LogP contribution in [0.4, 0.5) is 8.78 Å². The van der Waals surface area contributed by atoms with Crippen molar-refractivity contribution in [1.82, 2.24) is 5.32 Å². The first-order chi connectivity index (χ1) is 12.3. The van der Waals surface area contributed by atoms with Crippen LogP contribution in [0.5, 0.6) is 0 Å². The van der Waals surface area contributed by atoms with Gasteiger partial charge in [0.15, 0.2) is 0 Å². The molecule has 26 heavy (non-hydrogen) atoms. The van der Waals surface area contributed by atoms with Crippen molar-refractivity contribution in [2.24, 2.45) is 0 Å². The first-order valence-electron chi connectivity index (χ1n) is 7.55. The average Bonchev–Trinajstić information content (AvgIpc) is 2.60. The van der Waals surface area contributed by atoms with Gasteiger partial charge in [-0.3, -0.25) is 4.79 Å². The van der Waals surface area contributed by atoms with Crippen molar-refractivity contribution >= 4 is 39.4 Å². The molecule has 1 N–H and O–H groups in total. The van der Waals surface area contributed by atoms with Crippen LogP contribution >= 0.6 is 27.5 Å². The van der Waals surface area contributed by atoms with Gasteiger partial charge in [0.25, 0.3) is 0 Å². The van der Waals surface area contributed by atoms with Crippen molar-refractivity contribution in [3.8, 4) is 0 Å². The van der Waals surface area contributed by atoms with Gasteiger partial charge in [0.2, 0.25) is 5.91 Å². The quantitative estimate of drug-likeness (QED) is 0.686. The molecule has 0 unspecified atom stereocenters. The van der Waals surface area contributed by atoms with Gasteiger partial charge in [0.1, 0.15) is 17.7 Å². The third kappa shape index (κ3) is 5.25. The Morgan fingerprint density at radius 2 is 1.88 bits per heavy atom. The third-order valence-corrected chi connectivity index (χ3v) is 4.66. The fourth-order valence-electron chi connectivity index (χ4n) is 2.36. The summed E-state index contributed by atoms with van der Waals surface area (Å²) in [5, 5.41) is 2.92. The highest BCUT2D eigenvalue weighted by Crippen LogP contribution is 2.23. The number of carbonyl (C=O) groups is 2. The van der Waals surface area contributed by atoms with Crippen LogP contribution in [0.3, 0.4) is 0 Å². The molecule has 8 heteroatoms. The zero-order valence-electron chi connectivity index (χ0n) is 13.7. The average molecular weight is 447 g/mol. The van der Waals surface area contributed by atoms with Gasteiger partial charge in [-0.05, 0) is 35.9 Å². The first-order valence-corrected chi connectivity index (χ1v) is 8.73. The molecule has 4 nitrogen and oxygen atoms in total. The number of methoxy groups -OCH3 is 1. The monoisotopic (exact) mass is 445 g/mol. The number of hydrogen-bond acceptors (Lipinski definition) is 3. The third-order valence-electron chi connectivity index (χ3n) is 3.65. The molecule has 0 saturated carbocycles. The number of hydrogen-bond donors (Lipinski definition) is 1. The Labute approximate surface area is 162 Å². The minimum absolute atomic E-state index is 0.0965. The Kier molecular flexibility index (Phi) is 7.11. The van der Waals surface area contributed by atoms with E-state index in [4.69, 9.17) is 16.3 Å². The molecule has 0 spiro atoms. The van der Waals surface area contributed by atoms with Crippen molar-refractivity contribution in [3.05, 3.63) is 68.7 Å². The molecule has 2 rings (SSSR count). The zero-order valence-corrected chi connectivity index (χ0v) is 16.0. The van der Waals surface area contributed by atoms with E-state index in [1.165, 1.54) is 13.2 Å². The molecule has 0 fully saturated rings. The molecule has 0 aromatic heterocycles. The molecule has 0 aliphatic carbocycles. The summed E-state index contributed by atoms with van der Waals surface area (Å²) in [7, 11) is 1.19. The number of halogens is 4. The Hall–Kier alpha value is -1.99. The molecule has 0 aliphatic rings. The van der Waals surface area contributed by atoms with Gasteiger partial charge in [-0.25, -0.2) is 13.6 Å². The Bertz CT molecular complexity index is 812. The highest BCUT2D eigenvalue weighted by atomic mass is 79.9. The van der Waals surface area contributed by atoms with Crippen molar-refractivity contribution in [3.63, 3.8) is 0 Å². The summed E-state index contributed by atoms with van der Waals surface area (Å²) < 4.78 is 32.8. The molecule has 1 amide bonds. The second kappa shape index (κ2) is 9.09. The molecule has 2 aromatic rings. The van der Waals surface area contributed by atoms with Crippen LogP contribution < -0.4 is 5.32 Å². The second-order valence-corrected chi connectivity index (χ2v) is 6.75. The predicted molar refractivity (Wildman–Crippen MR) is 96.9 cm³/mol. The summed E-state index contributed by atoms with van der Waals surface area (Å²) in [4.78, 5) is 24.2. The predicted octanol–water partition coefficient (Wildman–Crippen LogP) is 3.82. The molecule has 0 aliphatic heterocycles. The molecular formula is C18H15BrClF2NO3. The molecule has 1 atom stereocenters. The minimum atomic E-state index is -1.03. The van der Waals surface area contributed by atoms with Crippen LogP contribution in [0.1, 0.15) is 11.1 Å². The largest absolute Gasteiger partial charge is 0.467 e. The summed E-state index contributed by atoms with van der Waals surface area (Å²) in [6, 6.07) is 7.32. The summed E-state index contributed by atoms with van der Waals surface area (Å²) >= 11 is 9.30. The molecule has 138 valence electrons. The number of carbonyl (C=O) groups excluding carboxylic acids is 2. The van der Waals surface area contributed by atoms with Gasteiger partial charge < -0.3 is 10.1 Å². The highest BCUT2D eigenvalue weighted by molar-refractivity contribution is 9.10. The van der Waals surface area contributed by atoms with E-state index in [-0.39, 0.29) is 12.0 Å². The number of benzene rings is 2. The van der Waals surface area contributed by atoms with E-state index in [0.29, 0.717) is 15.1 Å². The zero-order chi connectivity index (χ0) is 19.3.